The number of carbonyl (C=O) groups excluding carboxylic acids is 6. The number of cyclic esters (lactones) is 2. The van der Waals surface area contributed by atoms with Crippen LogP contribution >= 0.6 is 0 Å². The van der Waals surface area contributed by atoms with Gasteiger partial charge in [0.2, 0.25) is 0 Å². The summed E-state index contributed by atoms with van der Waals surface area (Å²) in [6.07, 6.45) is 7.64. The van der Waals surface area contributed by atoms with Crippen molar-refractivity contribution in [1.29, 1.82) is 0 Å². The third kappa shape index (κ3) is 20.7. The van der Waals surface area contributed by atoms with Crippen molar-refractivity contribution in [3.8, 4) is 0 Å². The number of ether oxygens (including phenoxy) is 13. The molecule has 0 amide bonds. The van der Waals surface area contributed by atoms with Crippen molar-refractivity contribution in [1.82, 2.24) is 13.7 Å². The zero-order valence-corrected chi connectivity index (χ0v) is 79.8. The highest BCUT2D eigenvalue weighted by atomic mass is 28.4. The molecule has 122 heavy (non-hydrogen) atoms. The maximum absolute atomic E-state index is 14.7. The van der Waals surface area contributed by atoms with E-state index in [4.69, 9.17) is 75.5 Å². The smallest absolute Gasteiger partial charge is 0.418 e. The molecule has 33 heteroatoms. The van der Waals surface area contributed by atoms with Crippen LogP contribution in [-0.2, 0) is 80.0 Å². The summed E-state index contributed by atoms with van der Waals surface area (Å²) in [5.41, 5.74) is -0.675. The Balaban J connectivity index is 0.000000246. The van der Waals surface area contributed by atoms with Gasteiger partial charge in [-0.05, 0) is 110 Å². The Kier molecular flexibility index (Phi) is 34.6. The van der Waals surface area contributed by atoms with Gasteiger partial charge in [-0.25, -0.2) is 28.3 Å². The first-order chi connectivity index (χ1) is 57.9. The number of hydrogen-bond donors (Lipinski definition) is 4. The van der Waals surface area contributed by atoms with Gasteiger partial charge in [0, 0.05) is 137 Å². The highest BCUT2D eigenvalue weighted by Gasteiger charge is 2.73. The zero-order valence-electron chi connectivity index (χ0n) is 75.8. The number of nitrogens with zero attached hydrogens (tertiary/aromatic N) is 3. The normalized spacial score (nSPS) is 32.3. The number of aromatic carboxylic acids is 1. The SMILES string of the molecule is CC[Si](CC)(CC)O[C@H](COC)[C@H]1OC(=O)[C@H](COC)[C@H]2C=C[C@H]3[C@H]4O[C@]2(/C(C)=C/[C@H]1C)[C@@H]3[C@H](O)[C@@H](COC)[C@H]4O.CC[Si](CC)(CC)O[C@H](COC)[C@H]1OC(=O)[C@H](COC)[C@H]2C=C[C@H]3[C@H]4O[C@]2(/C(C)=C/[C@H]1C)[C@@H]3[C@H](O)[C@@H](COC)[C@H]4OC(=O)c1cccn1C(=O)c1cccn1C(=O)OCC[Si](C)(C)C.C[Si](C)(C)CCOC(=O)n1cccc1C(=O)O. The molecule has 8 aliphatic rings. The third-order valence-corrected chi connectivity index (χ3v) is 39.8. The molecule has 0 radical (unpaired) electrons. The summed E-state index contributed by atoms with van der Waals surface area (Å²) in [5.74, 6) is -9.44. The maximum Gasteiger partial charge on any atom is 0.418 e. The van der Waals surface area contributed by atoms with Crippen LogP contribution < -0.4 is 0 Å². The van der Waals surface area contributed by atoms with Gasteiger partial charge in [0.15, 0.2) is 16.6 Å². The van der Waals surface area contributed by atoms with E-state index in [1.54, 1.807) is 40.6 Å². The lowest BCUT2D eigenvalue weighted by atomic mass is 9.56. The van der Waals surface area contributed by atoms with Crippen molar-refractivity contribution in [2.75, 3.05) is 95.5 Å². The number of esters is 3. The topological polar surface area (TPSA) is 354 Å². The fourth-order valence-corrected chi connectivity index (χ4v) is 27.3. The van der Waals surface area contributed by atoms with Gasteiger partial charge in [-0.1, -0.05) is 131 Å². The summed E-state index contributed by atoms with van der Waals surface area (Å²) in [6.45, 7) is 35.6. The lowest BCUT2D eigenvalue weighted by Gasteiger charge is -2.49. The highest BCUT2D eigenvalue weighted by molar-refractivity contribution is 6.76. The molecule has 2 saturated heterocycles. The maximum atomic E-state index is 14.7. The molecule has 4 fully saturated rings. The molecular weight excluding hydrogens is 1640 g/mol. The minimum atomic E-state index is -2.19. The molecule has 682 valence electrons. The highest BCUT2D eigenvalue weighted by Crippen LogP contribution is 2.64. The van der Waals surface area contributed by atoms with E-state index in [-0.39, 0.29) is 86.4 Å². The van der Waals surface area contributed by atoms with Crippen molar-refractivity contribution < 1.29 is 124 Å². The average Bonchev–Trinajstić information content (AvgIpc) is 1.53. The molecule has 7 heterocycles. The second-order valence-electron chi connectivity index (χ2n) is 36.7. The first kappa shape index (κ1) is 99.4. The first-order valence-corrected chi connectivity index (χ1v) is 56.0. The van der Waals surface area contributed by atoms with Gasteiger partial charge < -0.3 is 90.9 Å². The summed E-state index contributed by atoms with van der Waals surface area (Å²) >= 11 is 0. The van der Waals surface area contributed by atoms with Crippen LogP contribution in [0.15, 0.2) is 103 Å². The van der Waals surface area contributed by atoms with E-state index in [0.717, 1.165) is 73.2 Å². The van der Waals surface area contributed by atoms with E-state index in [9.17, 15) is 48.9 Å². The molecule has 3 aromatic heterocycles. The van der Waals surface area contributed by atoms with Crippen LogP contribution in [0, 0.1) is 71.0 Å². The first-order valence-electron chi connectivity index (χ1n) is 43.6. The Hall–Kier alpha value is -6.36. The lowest BCUT2D eigenvalue weighted by Crippen LogP contribution is -2.59. The number of aliphatic hydroxyl groups is 3. The van der Waals surface area contributed by atoms with Gasteiger partial charge in [0.1, 0.15) is 64.9 Å². The standard InChI is InChI=1S/C47H70N2O13Si2.C31H52O9Si.C11H17NO4Si/c1-12-64(13-2,14-3)62-37(28-57-8)40-29(4)25-30(5)47-34(32(26-55-6)44(52)59-40)20-19-31-38(47)39(50)33(27-56-7)41(42(31)61-47)60-45(53)36-18-16-21-48(36)43(51)35-17-15-22-49(35)46(54)58-23-24-63(9,10)11;1-9-41(10-2,11-3)40-24(17-37-8)28-18(4)14-19(5)31-23(21(15-35-6)30(34)38-28)13-12-20-25(31)26(32)22(16-36-7)27(33)29(20)39-31;1-17(2,3)8-7-16-11(15)12-6-4-5-9(12)10(13)14/h15-22,25,29,31-34,37-42,50H,12-14,23-24,26-28H2,1-11H3;12-14,18,20-29,32-33H,9-11,15-17H2,1-8H3;4-6H,7-8H2,1-3H3,(H,13,14)/b30-25+;19-14+;/t29-,31-,32-,33-,34-,37-,38+,39-,40+,41-,42-,47+;18-,20-,21-,22-,23-,24-,25+,26-,27-,28+,29-,31+;/m11./s1. The van der Waals surface area contributed by atoms with Gasteiger partial charge in [-0.15, -0.1) is 0 Å². The average molecular weight is 1780 g/mol. The summed E-state index contributed by atoms with van der Waals surface area (Å²) in [7, 11) is 2.48. The molecule has 4 aliphatic heterocycles. The van der Waals surface area contributed by atoms with Crippen LogP contribution in [0.2, 0.25) is 87.6 Å². The van der Waals surface area contributed by atoms with Crippen LogP contribution in [0.25, 0.3) is 0 Å². The Labute approximate surface area is 724 Å². The number of aromatic nitrogens is 3. The van der Waals surface area contributed by atoms with Crippen LogP contribution in [-0.4, -0.2) is 277 Å². The van der Waals surface area contributed by atoms with Gasteiger partial charge in [0.05, 0.1) is 89.1 Å². The molecular formula is C89H139N3O26Si4. The molecule has 24 atom stereocenters. The van der Waals surface area contributed by atoms with Crippen molar-refractivity contribution in [3.05, 3.63) is 120 Å². The van der Waals surface area contributed by atoms with E-state index >= 15 is 0 Å². The fourth-order valence-electron chi connectivity index (χ4n) is 20.2. The number of methoxy groups -OCH3 is 6. The summed E-state index contributed by atoms with van der Waals surface area (Å²) in [4.78, 5) is 92.8. The monoisotopic (exact) mass is 1780 g/mol. The number of carboxylic acid groups (broad SMARTS) is 1. The van der Waals surface area contributed by atoms with E-state index < -0.39 is 188 Å². The number of hydrogen-bond acceptors (Lipinski definition) is 25. The van der Waals surface area contributed by atoms with Gasteiger partial charge in [-0.2, -0.15) is 0 Å². The minimum absolute atomic E-state index is 0.00492. The summed E-state index contributed by atoms with van der Waals surface area (Å²) in [5, 5.41) is 44.5. The number of carbonyl (C=O) groups is 7. The van der Waals surface area contributed by atoms with E-state index in [1.807, 2.05) is 52.0 Å². The molecule has 8 bridgehead atoms. The molecule has 3 aromatic rings. The van der Waals surface area contributed by atoms with Gasteiger partial charge in [-0.3, -0.25) is 19.0 Å². The van der Waals surface area contributed by atoms with Crippen molar-refractivity contribution in [2.45, 2.75) is 229 Å². The molecule has 11 rings (SSSR count). The van der Waals surface area contributed by atoms with Crippen LogP contribution in [0.3, 0.4) is 0 Å². The minimum Gasteiger partial charge on any atom is -0.477 e. The van der Waals surface area contributed by atoms with Crippen LogP contribution in [0.5, 0.6) is 0 Å². The molecule has 2 saturated carbocycles. The summed E-state index contributed by atoms with van der Waals surface area (Å²) in [6, 6.07) is 16.2. The third-order valence-electron chi connectivity index (χ3n) is 27.1. The second-order valence-corrected chi connectivity index (χ2v) is 57.4. The van der Waals surface area contributed by atoms with Crippen molar-refractivity contribution in [3.63, 3.8) is 0 Å². The summed E-state index contributed by atoms with van der Waals surface area (Å²) < 4.78 is 95.0. The predicted octanol–water partition coefficient (Wildman–Crippen LogP) is 12.7. The van der Waals surface area contributed by atoms with Crippen LogP contribution in [0.1, 0.15) is 101 Å². The van der Waals surface area contributed by atoms with Crippen LogP contribution in [0.4, 0.5) is 9.59 Å². The Morgan fingerprint density at radius 1 is 0.500 bits per heavy atom. The molecule has 0 aromatic carbocycles. The number of aliphatic hydroxyl groups excluding tert-OH is 3. The van der Waals surface area contributed by atoms with E-state index in [0.29, 0.717) is 13.2 Å². The quantitative estimate of drug-likeness (QED) is 0.0187. The molecule has 4 aliphatic carbocycles. The van der Waals surface area contributed by atoms with E-state index in [1.165, 1.54) is 57.1 Å². The number of rotatable bonds is 34. The van der Waals surface area contributed by atoms with Gasteiger partial charge in [0.25, 0.3) is 5.91 Å². The molecule has 4 N–H and O–H groups in total. The van der Waals surface area contributed by atoms with E-state index in [2.05, 4.69) is 93.0 Å². The Bertz CT molecular complexity index is 4140. The second kappa shape index (κ2) is 42.5. The number of carboxylic acids is 1. The fraction of sp³-hybridized carbons (Fsp3) is 0.697. The largest absolute Gasteiger partial charge is 0.477 e. The predicted molar refractivity (Wildman–Crippen MR) is 466 cm³/mol. The van der Waals surface area contributed by atoms with Gasteiger partial charge >= 0.3 is 36.1 Å². The Morgan fingerprint density at radius 3 is 1.30 bits per heavy atom. The van der Waals surface area contributed by atoms with Crippen molar-refractivity contribution >= 4 is 74.8 Å². The molecule has 0 unspecified atom stereocenters. The lowest BCUT2D eigenvalue weighted by molar-refractivity contribution is -0.172. The Morgan fingerprint density at radius 2 is 0.885 bits per heavy atom. The molecule has 2 spiro atoms. The zero-order chi connectivity index (χ0) is 89.9. The molecule has 29 nitrogen and oxygen atoms in total. The van der Waals surface area contributed by atoms with Crippen molar-refractivity contribution in [2.24, 2.45) is 71.0 Å².